The van der Waals surface area contributed by atoms with Crippen LogP contribution in [-0.4, -0.2) is 30.2 Å². The maximum absolute atomic E-state index is 11.7. The fraction of sp³-hybridized carbons (Fsp3) is 0.429. The van der Waals surface area contributed by atoms with E-state index in [-0.39, 0.29) is 17.6 Å². The van der Waals surface area contributed by atoms with E-state index in [9.17, 15) is 9.59 Å². The molecule has 0 aliphatic rings. The predicted molar refractivity (Wildman–Crippen MR) is 72.5 cm³/mol. The number of anilines is 1. The third kappa shape index (κ3) is 4.71. The number of aromatic carboxylic acids is 1. The third-order valence-electron chi connectivity index (χ3n) is 2.92. The number of hydrogen-bond acceptors (Lipinski definition) is 3. The van der Waals surface area contributed by atoms with Gasteiger partial charge in [0.1, 0.15) is 0 Å². The molecule has 2 N–H and O–H groups in total. The lowest BCUT2D eigenvalue weighted by Gasteiger charge is -2.10. The molecule has 0 saturated carbocycles. The molecule has 0 radical (unpaired) electrons. The van der Waals surface area contributed by atoms with Crippen molar-refractivity contribution in [2.24, 2.45) is 0 Å². The van der Waals surface area contributed by atoms with Crippen LogP contribution >= 0.6 is 0 Å². The van der Waals surface area contributed by atoms with Gasteiger partial charge in [0.15, 0.2) is 0 Å². The summed E-state index contributed by atoms with van der Waals surface area (Å²) in [4.78, 5) is 22.5. The van der Waals surface area contributed by atoms with Gasteiger partial charge in [0, 0.05) is 19.2 Å². The van der Waals surface area contributed by atoms with Gasteiger partial charge >= 0.3 is 5.97 Å². The zero-order valence-electron chi connectivity index (χ0n) is 11.4. The van der Waals surface area contributed by atoms with Crippen LogP contribution in [0.1, 0.15) is 35.7 Å². The molecule has 1 aromatic carbocycles. The van der Waals surface area contributed by atoms with E-state index in [2.05, 4.69) is 5.32 Å². The van der Waals surface area contributed by atoms with Crippen LogP contribution in [0.5, 0.6) is 0 Å². The van der Waals surface area contributed by atoms with Gasteiger partial charge in [-0.3, -0.25) is 4.79 Å². The molecule has 0 aliphatic heterocycles. The van der Waals surface area contributed by atoms with Crippen LogP contribution in [0.3, 0.4) is 0 Å². The molecule has 19 heavy (non-hydrogen) atoms. The number of carbonyl (C=O) groups excluding carboxylic acids is 1. The summed E-state index contributed by atoms with van der Waals surface area (Å²) in [5, 5.41) is 11.7. The topological polar surface area (TPSA) is 75.6 Å². The minimum absolute atomic E-state index is 0.0434. The summed E-state index contributed by atoms with van der Waals surface area (Å²) in [6.07, 6.45) is 1.06. The number of benzene rings is 1. The number of carboxylic acid groups (broad SMARTS) is 1. The average Bonchev–Trinajstić information content (AvgIpc) is 2.35. The minimum atomic E-state index is -0.968. The minimum Gasteiger partial charge on any atom is -0.478 e. The Hall–Kier alpha value is -1.88. The van der Waals surface area contributed by atoms with E-state index in [4.69, 9.17) is 9.84 Å². The molecule has 0 saturated heterocycles. The smallest absolute Gasteiger partial charge is 0.335 e. The van der Waals surface area contributed by atoms with E-state index in [1.54, 1.807) is 26.2 Å². The van der Waals surface area contributed by atoms with E-state index in [1.807, 2.05) is 6.92 Å². The van der Waals surface area contributed by atoms with Gasteiger partial charge in [0.25, 0.3) is 0 Å². The molecule has 5 nitrogen and oxygen atoms in total. The molecule has 1 amide bonds. The molecule has 1 atom stereocenters. The standard InChI is InChI=1S/C14H19NO4/c1-9-8-11(5-6-12(9)14(17)18)15-13(16)7-4-10(2)19-3/h5-6,8,10H,4,7H2,1-3H3,(H,15,16)(H,17,18). The Morgan fingerprint density at radius 1 is 1.42 bits per heavy atom. The zero-order chi connectivity index (χ0) is 14.4. The van der Waals surface area contributed by atoms with Gasteiger partial charge in [-0.25, -0.2) is 4.79 Å². The number of rotatable bonds is 6. The SMILES string of the molecule is COC(C)CCC(=O)Nc1ccc(C(=O)O)c(C)c1. The van der Waals surface area contributed by atoms with E-state index in [0.717, 1.165) is 0 Å². The maximum atomic E-state index is 11.7. The normalized spacial score (nSPS) is 11.9. The predicted octanol–water partition coefficient (Wildman–Crippen LogP) is 2.45. The van der Waals surface area contributed by atoms with Crippen molar-refractivity contribution in [1.29, 1.82) is 0 Å². The first kappa shape index (κ1) is 15.2. The number of methoxy groups -OCH3 is 1. The first-order chi connectivity index (χ1) is 8.93. The van der Waals surface area contributed by atoms with E-state index in [1.165, 1.54) is 6.07 Å². The second-order valence-corrected chi connectivity index (χ2v) is 4.47. The molecule has 0 aromatic heterocycles. The van der Waals surface area contributed by atoms with Crippen molar-refractivity contribution in [1.82, 2.24) is 0 Å². The second-order valence-electron chi connectivity index (χ2n) is 4.47. The van der Waals surface area contributed by atoms with Crippen molar-refractivity contribution in [2.45, 2.75) is 32.8 Å². The van der Waals surface area contributed by atoms with Crippen LogP contribution in [0.2, 0.25) is 0 Å². The number of nitrogens with one attached hydrogen (secondary N) is 1. The summed E-state index contributed by atoms with van der Waals surface area (Å²) < 4.78 is 5.07. The van der Waals surface area contributed by atoms with Gasteiger partial charge in [-0.1, -0.05) is 0 Å². The Bertz CT molecular complexity index is 471. The monoisotopic (exact) mass is 265 g/mol. The van der Waals surface area contributed by atoms with Gasteiger partial charge in [-0.2, -0.15) is 0 Å². The quantitative estimate of drug-likeness (QED) is 0.828. The van der Waals surface area contributed by atoms with Gasteiger partial charge in [-0.05, 0) is 44.0 Å². The third-order valence-corrected chi connectivity index (χ3v) is 2.92. The van der Waals surface area contributed by atoms with Crippen LogP contribution in [0.25, 0.3) is 0 Å². The molecule has 0 spiro atoms. The molecule has 1 unspecified atom stereocenters. The van der Waals surface area contributed by atoms with Crippen LogP contribution in [0, 0.1) is 6.92 Å². The van der Waals surface area contributed by atoms with Crippen molar-refractivity contribution >= 4 is 17.6 Å². The largest absolute Gasteiger partial charge is 0.478 e. The molecule has 0 fully saturated rings. The molecule has 104 valence electrons. The first-order valence-corrected chi connectivity index (χ1v) is 6.10. The Balaban J connectivity index is 2.60. The number of amides is 1. The molecule has 5 heteroatoms. The van der Waals surface area contributed by atoms with Crippen LogP contribution in [0.4, 0.5) is 5.69 Å². The van der Waals surface area contributed by atoms with Crippen molar-refractivity contribution in [3.05, 3.63) is 29.3 Å². The lowest BCUT2D eigenvalue weighted by atomic mass is 10.1. The Labute approximate surface area is 112 Å². The highest BCUT2D eigenvalue weighted by atomic mass is 16.5. The summed E-state index contributed by atoms with van der Waals surface area (Å²) in [6, 6.07) is 4.74. The summed E-state index contributed by atoms with van der Waals surface area (Å²) >= 11 is 0. The fourth-order valence-corrected chi connectivity index (χ4v) is 1.66. The Morgan fingerprint density at radius 3 is 2.63 bits per heavy atom. The first-order valence-electron chi connectivity index (χ1n) is 6.10. The maximum Gasteiger partial charge on any atom is 0.335 e. The lowest BCUT2D eigenvalue weighted by Crippen LogP contribution is -2.15. The number of aryl methyl sites for hydroxylation is 1. The number of carbonyl (C=O) groups is 2. The van der Waals surface area contributed by atoms with Gasteiger partial charge in [-0.15, -0.1) is 0 Å². The number of hydrogen-bond donors (Lipinski definition) is 2. The van der Waals surface area contributed by atoms with Gasteiger partial charge < -0.3 is 15.2 Å². The van der Waals surface area contributed by atoms with Crippen molar-refractivity contribution in [2.75, 3.05) is 12.4 Å². The van der Waals surface area contributed by atoms with Gasteiger partial charge in [0.2, 0.25) is 5.91 Å². The Morgan fingerprint density at radius 2 is 2.11 bits per heavy atom. The Kier molecular flexibility index (Phi) is 5.51. The highest BCUT2D eigenvalue weighted by molar-refractivity contribution is 5.93. The second kappa shape index (κ2) is 6.89. The summed E-state index contributed by atoms with van der Waals surface area (Å²) in [7, 11) is 1.61. The molecule has 1 aromatic rings. The van der Waals surface area contributed by atoms with E-state index in [0.29, 0.717) is 24.1 Å². The highest BCUT2D eigenvalue weighted by Gasteiger charge is 2.09. The number of carboxylic acids is 1. The zero-order valence-corrected chi connectivity index (χ0v) is 11.4. The van der Waals surface area contributed by atoms with Crippen molar-refractivity contribution in [3.8, 4) is 0 Å². The fourth-order valence-electron chi connectivity index (χ4n) is 1.66. The van der Waals surface area contributed by atoms with Crippen LogP contribution < -0.4 is 5.32 Å². The van der Waals surface area contributed by atoms with Crippen molar-refractivity contribution in [3.63, 3.8) is 0 Å². The highest BCUT2D eigenvalue weighted by Crippen LogP contribution is 2.15. The lowest BCUT2D eigenvalue weighted by molar-refractivity contribution is -0.116. The molecule has 0 aliphatic carbocycles. The van der Waals surface area contributed by atoms with Crippen LogP contribution in [0.15, 0.2) is 18.2 Å². The summed E-state index contributed by atoms with van der Waals surface area (Å²) in [5.74, 6) is -1.07. The van der Waals surface area contributed by atoms with E-state index < -0.39 is 5.97 Å². The average molecular weight is 265 g/mol. The van der Waals surface area contributed by atoms with Crippen molar-refractivity contribution < 1.29 is 19.4 Å². The summed E-state index contributed by atoms with van der Waals surface area (Å²) in [5.41, 5.74) is 1.47. The van der Waals surface area contributed by atoms with E-state index >= 15 is 0 Å². The number of ether oxygens (including phenoxy) is 1. The molecular formula is C14H19NO4. The molecule has 0 heterocycles. The molecule has 0 bridgehead atoms. The molecule has 1 rings (SSSR count). The summed E-state index contributed by atoms with van der Waals surface area (Å²) in [6.45, 7) is 3.60. The van der Waals surface area contributed by atoms with Crippen LogP contribution in [-0.2, 0) is 9.53 Å². The van der Waals surface area contributed by atoms with Gasteiger partial charge in [0.05, 0.1) is 11.7 Å². The molecular weight excluding hydrogens is 246 g/mol.